The van der Waals surface area contributed by atoms with Gasteiger partial charge in [-0.1, -0.05) is 37.1 Å². The van der Waals surface area contributed by atoms with Crippen molar-refractivity contribution in [3.8, 4) is 22.9 Å². The fraction of sp³-hybridized carbons (Fsp3) is 0.286. The first-order chi connectivity index (χ1) is 13.9. The molecule has 1 saturated carbocycles. The molecule has 1 aliphatic carbocycles. The van der Waals surface area contributed by atoms with Gasteiger partial charge in [-0.25, -0.2) is 0 Å². The summed E-state index contributed by atoms with van der Waals surface area (Å²) in [5, 5.41) is 21.4. The molecule has 1 fully saturated rings. The number of anilines is 1. The average molecular weight is 398 g/mol. The standard InChI is InChI=1S/C21H17F3N4O/c22-21(23,24)29-19-4-2-1-3-15(19)14-7-8-16-17(11-14)27-28-18(12-25)20(16)26-10-9-13-5-6-13/h1-4,7-8,11,13H,5-6,9-10H2,(H,26,27). The predicted molar refractivity (Wildman–Crippen MR) is 102 cm³/mol. The molecule has 0 atom stereocenters. The maximum atomic E-state index is 12.7. The summed E-state index contributed by atoms with van der Waals surface area (Å²) in [5.41, 5.74) is 2.09. The van der Waals surface area contributed by atoms with Gasteiger partial charge < -0.3 is 10.1 Å². The lowest BCUT2D eigenvalue weighted by Crippen LogP contribution is -2.17. The number of para-hydroxylation sites is 1. The number of alkyl halides is 3. The van der Waals surface area contributed by atoms with E-state index < -0.39 is 6.36 Å². The van der Waals surface area contributed by atoms with E-state index in [4.69, 9.17) is 0 Å². The Labute approximate surface area is 165 Å². The Morgan fingerprint density at radius 1 is 1.14 bits per heavy atom. The van der Waals surface area contributed by atoms with Crippen LogP contribution >= 0.6 is 0 Å². The molecule has 5 nitrogen and oxygen atoms in total. The van der Waals surface area contributed by atoms with Crippen LogP contribution in [0.4, 0.5) is 18.9 Å². The molecule has 0 spiro atoms. The average Bonchev–Trinajstić information content (AvgIpc) is 3.51. The van der Waals surface area contributed by atoms with Crippen LogP contribution in [0.15, 0.2) is 42.5 Å². The summed E-state index contributed by atoms with van der Waals surface area (Å²) < 4.78 is 42.3. The van der Waals surface area contributed by atoms with E-state index in [1.54, 1.807) is 30.3 Å². The first-order valence-electron chi connectivity index (χ1n) is 9.24. The molecule has 0 amide bonds. The number of nitrogens with zero attached hydrogens (tertiary/aromatic N) is 3. The fourth-order valence-electron chi connectivity index (χ4n) is 3.26. The van der Waals surface area contributed by atoms with Crippen LogP contribution in [-0.2, 0) is 0 Å². The van der Waals surface area contributed by atoms with Crippen molar-refractivity contribution in [1.82, 2.24) is 10.2 Å². The number of ether oxygens (including phenoxy) is 1. The summed E-state index contributed by atoms with van der Waals surface area (Å²) in [6, 6.07) is 13.1. The third-order valence-electron chi connectivity index (χ3n) is 4.84. The van der Waals surface area contributed by atoms with Gasteiger partial charge in [0, 0.05) is 17.5 Å². The normalized spacial score (nSPS) is 13.9. The predicted octanol–water partition coefficient (Wildman–Crippen LogP) is 5.28. The smallest absolute Gasteiger partial charge is 0.405 e. The Balaban J connectivity index is 1.71. The van der Waals surface area contributed by atoms with Crippen molar-refractivity contribution in [2.75, 3.05) is 11.9 Å². The van der Waals surface area contributed by atoms with E-state index in [0.717, 1.165) is 18.9 Å². The number of rotatable bonds is 6. The first-order valence-corrected chi connectivity index (χ1v) is 9.24. The van der Waals surface area contributed by atoms with Crippen molar-refractivity contribution in [3.05, 3.63) is 48.2 Å². The molecular weight excluding hydrogens is 381 g/mol. The molecule has 1 aromatic heterocycles. The number of aromatic nitrogens is 2. The van der Waals surface area contributed by atoms with Gasteiger partial charge in [0.2, 0.25) is 0 Å². The minimum atomic E-state index is -4.78. The van der Waals surface area contributed by atoms with E-state index in [1.807, 2.05) is 6.07 Å². The van der Waals surface area contributed by atoms with E-state index in [1.165, 1.54) is 25.0 Å². The van der Waals surface area contributed by atoms with Crippen LogP contribution in [-0.4, -0.2) is 23.1 Å². The molecule has 8 heteroatoms. The largest absolute Gasteiger partial charge is 0.573 e. The highest BCUT2D eigenvalue weighted by molar-refractivity contribution is 5.95. The summed E-state index contributed by atoms with van der Waals surface area (Å²) in [7, 11) is 0. The quantitative estimate of drug-likeness (QED) is 0.612. The summed E-state index contributed by atoms with van der Waals surface area (Å²) in [6.45, 7) is 0.726. The van der Waals surface area contributed by atoms with Crippen LogP contribution in [0.2, 0.25) is 0 Å². The van der Waals surface area contributed by atoms with Crippen molar-refractivity contribution < 1.29 is 17.9 Å². The van der Waals surface area contributed by atoms with Crippen LogP contribution < -0.4 is 10.1 Å². The van der Waals surface area contributed by atoms with Crippen LogP contribution in [0.3, 0.4) is 0 Å². The van der Waals surface area contributed by atoms with Crippen molar-refractivity contribution in [2.24, 2.45) is 5.92 Å². The van der Waals surface area contributed by atoms with Gasteiger partial charge in [-0.2, -0.15) is 5.26 Å². The molecule has 1 heterocycles. The summed E-state index contributed by atoms with van der Waals surface area (Å²) in [6.07, 6.45) is -1.28. The van der Waals surface area contributed by atoms with Gasteiger partial charge in [-0.3, -0.25) is 0 Å². The number of halogens is 3. The molecule has 0 unspecified atom stereocenters. The van der Waals surface area contributed by atoms with Crippen LogP contribution in [0, 0.1) is 17.2 Å². The topological polar surface area (TPSA) is 70.8 Å². The number of hydrogen-bond donors (Lipinski definition) is 1. The molecule has 3 aromatic rings. The highest BCUT2D eigenvalue weighted by Gasteiger charge is 2.32. The number of hydrogen-bond acceptors (Lipinski definition) is 5. The molecule has 1 aliphatic rings. The summed E-state index contributed by atoms with van der Waals surface area (Å²) in [4.78, 5) is 0. The van der Waals surface area contributed by atoms with E-state index >= 15 is 0 Å². The molecule has 1 N–H and O–H groups in total. The maximum absolute atomic E-state index is 12.7. The monoisotopic (exact) mass is 398 g/mol. The second kappa shape index (κ2) is 7.59. The second-order valence-electron chi connectivity index (χ2n) is 6.97. The van der Waals surface area contributed by atoms with E-state index in [2.05, 4.69) is 20.3 Å². The van der Waals surface area contributed by atoms with Crippen molar-refractivity contribution in [2.45, 2.75) is 25.6 Å². The Hall–Kier alpha value is -3.34. The highest BCUT2D eigenvalue weighted by atomic mass is 19.4. The van der Waals surface area contributed by atoms with Crippen LogP contribution in [0.5, 0.6) is 5.75 Å². The van der Waals surface area contributed by atoms with E-state index in [-0.39, 0.29) is 11.4 Å². The molecular formula is C21H17F3N4O. The van der Waals surface area contributed by atoms with Crippen molar-refractivity contribution >= 4 is 16.6 Å². The van der Waals surface area contributed by atoms with Gasteiger partial charge in [-0.15, -0.1) is 23.4 Å². The lowest BCUT2D eigenvalue weighted by molar-refractivity contribution is -0.274. The molecule has 2 aromatic carbocycles. The zero-order valence-corrected chi connectivity index (χ0v) is 15.3. The molecule has 29 heavy (non-hydrogen) atoms. The van der Waals surface area contributed by atoms with Gasteiger partial charge in [0.25, 0.3) is 0 Å². The number of nitrogens with one attached hydrogen (secondary N) is 1. The van der Waals surface area contributed by atoms with Crippen LogP contribution in [0.1, 0.15) is 25.0 Å². The minimum absolute atomic E-state index is 0.196. The van der Waals surface area contributed by atoms with E-state index in [9.17, 15) is 18.4 Å². The minimum Gasteiger partial charge on any atom is -0.405 e. The Kier molecular flexibility index (Phi) is 4.97. The molecule has 4 rings (SSSR count). The van der Waals surface area contributed by atoms with Crippen molar-refractivity contribution in [1.29, 1.82) is 5.26 Å². The molecule has 0 aliphatic heterocycles. The number of nitriles is 1. The Morgan fingerprint density at radius 3 is 2.66 bits per heavy atom. The van der Waals surface area contributed by atoms with Gasteiger partial charge >= 0.3 is 6.36 Å². The molecule has 0 radical (unpaired) electrons. The van der Waals surface area contributed by atoms with Crippen molar-refractivity contribution in [3.63, 3.8) is 0 Å². The van der Waals surface area contributed by atoms with Gasteiger partial charge in [0.15, 0.2) is 5.69 Å². The van der Waals surface area contributed by atoms with Gasteiger partial charge in [0.1, 0.15) is 11.8 Å². The second-order valence-corrected chi connectivity index (χ2v) is 6.97. The summed E-state index contributed by atoms with van der Waals surface area (Å²) >= 11 is 0. The molecule has 0 saturated heterocycles. The zero-order chi connectivity index (χ0) is 20.4. The van der Waals surface area contributed by atoms with Gasteiger partial charge in [0.05, 0.1) is 11.2 Å². The summed E-state index contributed by atoms with van der Waals surface area (Å²) in [5.74, 6) is 0.453. The highest BCUT2D eigenvalue weighted by Crippen LogP contribution is 2.36. The zero-order valence-electron chi connectivity index (χ0n) is 15.3. The first kappa shape index (κ1) is 19.0. The lowest BCUT2D eigenvalue weighted by Gasteiger charge is -2.14. The Morgan fingerprint density at radius 2 is 1.93 bits per heavy atom. The number of fused-ring (bicyclic) bond motifs is 1. The lowest BCUT2D eigenvalue weighted by atomic mass is 10.0. The van der Waals surface area contributed by atoms with Gasteiger partial charge in [-0.05, 0) is 36.1 Å². The molecule has 0 bridgehead atoms. The third-order valence-corrected chi connectivity index (χ3v) is 4.84. The van der Waals surface area contributed by atoms with Crippen LogP contribution in [0.25, 0.3) is 22.0 Å². The Bertz CT molecular complexity index is 1090. The van der Waals surface area contributed by atoms with E-state index in [0.29, 0.717) is 27.7 Å². The SMILES string of the molecule is N#Cc1nnc2cc(-c3ccccc3OC(F)(F)F)ccc2c1NCCC1CC1. The third kappa shape index (κ3) is 4.40. The fourth-order valence-corrected chi connectivity index (χ4v) is 3.26. The number of benzene rings is 2. The molecule has 148 valence electrons. The maximum Gasteiger partial charge on any atom is 0.573 e.